The minimum atomic E-state index is -0.709. The summed E-state index contributed by atoms with van der Waals surface area (Å²) < 4.78 is 20.9. The molecule has 0 spiro atoms. The lowest BCUT2D eigenvalue weighted by Crippen LogP contribution is -2.15. The van der Waals surface area contributed by atoms with Crippen LogP contribution in [-0.4, -0.2) is 32.6 Å². The second-order valence-corrected chi connectivity index (χ2v) is 5.19. The Labute approximate surface area is 143 Å². The van der Waals surface area contributed by atoms with Gasteiger partial charge in [-0.25, -0.2) is 4.79 Å². The number of ketones is 1. The van der Waals surface area contributed by atoms with Gasteiger partial charge in [-0.05, 0) is 24.3 Å². The fourth-order valence-electron chi connectivity index (χ4n) is 2.45. The number of furan rings is 1. The van der Waals surface area contributed by atoms with Crippen molar-refractivity contribution >= 4 is 22.7 Å². The van der Waals surface area contributed by atoms with E-state index in [1.54, 1.807) is 30.3 Å². The molecule has 0 bridgehead atoms. The number of ether oxygens (including phenoxy) is 3. The van der Waals surface area contributed by atoms with Crippen molar-refractivity contribution < 1.29 is 28.2 Å². The van der Waals surface area contributed by atoms with E-state index in [1.165, 1.54) is 14.2 Å². The monoisotopic (exact) mass is 340 g/mol. The topological polar surface area (TPSA) is 75.0 Å². The first-order chi connectivity index (χ1) is 12.1. The van der Waals surface area contributed by atoms with E-state index >= 15 is 0 Å². The first kappa shape index (κ1) is 16.6. The predicted octanol–water partition coefficient (Wildman–Crippen LogP) is 3.49. The molecule has 0 radical (unpaired) electrons. The Morgan fingerprint density at radius 3 is 2.28 bits per heavy atom. The lowest BCUT2D eigenvalue weighted by Gasteiger charge is -2.11. The molecule has 6 heteroatoms. The Morgan fingerprint density at radius 1 is 0.960 bits per heavy atom. The summed E-state index contributed by atoms with van der Waals surface area (Å²) in [5, 5.41) is 0.809. The fraction of sp³-hybridized carbons (Fsp3) is 0.158. The van der Waals surface area contributed by atoms with Crippen molar-refractivity contribution in [1.29, 1.82) is 0 Å². The van der Waals surface area contributed by atoms with Crippen LogP contribution >= 0.6 is 0 Å². The van der Waals surface area contributed by atoms with Crippen molar-refractivity contribution in [2.75, 3.05) is 20.8 Å². The van der Waals surface area contributed by atoms with Gasteiger partial charge in [0.2, 0.25) is 5.78 Å². The summed E-state index contributed by atoms with van der Waals surface area (Å²) >= 11 is 0. The Hall–Kier alpha value is -3.28. The molecular formula is C19H16O6. The van der Waals surface area contributed by atoms with Crippen LogP contribution in [0.25, 0.3) is 11.0 Å². The van der Waals surface area contributed by atoms with Gasteiger partial charge in [-0.2, -0.15) is 0 Å². The smallest absolute Gasteiger partial charge is 0.346 e. The van der Waals surface area contributed by atoms with Crippen molar-refractivity contribution in [3.63, 3.8) is 0 Å². The molecule has 0 amide bonds. The Morgan fingerprint density at radius 2 is 1.64 bits per heavy atom. The average molecular weight is 340 g/mol. The first-order valence-electron chi connectivity index (χ1n) is 7.54. The normalized spacial score (nSPS) is 10.5. The highest BCUT2D eigenvalue weighted by Gasteiger charge is 2.22. The number of carbonyl (C=O) groups is 2. The van der Waals surface area contributed by atoms with Gasteiger partial charge in [-0.15, -0.1) is 0 Å². The number of Topliss-reactive ketones (excluding diaryl/α,β-unsaturated/α-hetero) is 1. The number of esters is 1. The second kappa shape index (κ2) is 7.09. The lowest BCUT2D eigenvalue weighted by molar-refractivity contribution is 0.0462. The number of para-hydroxylation sites is 1. The molecule has 0 saturated heterocycles. The Balaban J connectivity index is 1.75. The van der Waals surface area contributed by atoms with E-state index in [2.05, 4.69) is 0 Å². The zero-order valence-electron chi connectivity index (χ0n) is 13.8. The number of methoxy groups -OCH3 is 2. The highest BCUT2D eigenvalue weighted by Crippen LogP contribution is 2.29. The first-order valence-corrected chi connectivity index (χ1v) is 7.54. The SMILES string of the molecule is COc1cccc(OC)c1C(=O)OCC(=O)c1cc2ccccc2o1. The summed E-state index contributed by atoms with van der Waals surface area (Å²) in [6, 6.07) is 13.8. The molecule has 2 aromatic carbocycles. The maximum Gasteiger partial charge on any atom is 0.346 e. The van der Waals surface area contributed by atoms with Crippen molar-refractivity contribution in [3.8, 4) is 11.5 Å². The maximum atomic E-state index is 12.3. The molecule has 1 heterocycles. The van der Waals surface area contributed by atoms with Gasteiger partial charge in [-0.3, -0.25) is 4.79 Å². The van der Waals surface area contributed by atoms with E-state index in [0.717, 1.165) is 5.39 Å². The molecule has 0 atom stereocenters. The summed E-state index contributed by atoms with van der Waals surface area (Å²) in [5.74, 6) is -0.390. The van der Waals surface area contributed by atoms with Gasteiger partial charge in [0.25, 0.3) is 0 Å². The molecule has 25 heavy (non-hydrogen) atoms. The number of hydrogen-bond donors (Lipinski definition) is 0. The van der Waals surface area contributed by atoms with Crippen LogP contribution in [0.1, 0.15) is 20.9 Å². The minimum absolute atomic E-state index is 0.130. The third kappa shape index (κ3) is 3.33. The van der Waals surface area contributed by atoms with Gasteiger partial charge < -0.3 is 18.6 Å². The third-order valence-corrected chi connectivity index (χ3v) is 3.67. The van der Waals surface area contributed by atoms with Gasteiger partial charge in [0.05, 0.1) is 14.2 Å². The molecule has 3 aromatic rings. The van der Waals surface area contributed by atoms with Gasteiger partial charge in [0, 0.05) is 5.39 Å². The molecular weight excluding hydrogens is 324 g/mol. The molecule has 128 valence electrons. The van der Waals surface area contributed by atoms with Crippen LogP contribution in [0.5, 0.6) is 11.5 Å². The summed E-state index contributed by atoms with van der Waals surface area (Å²) in [6.07, 6.45) is 0. The molecule has 0 N–H and O–H groups in total. The van der Waals surface area contributed by atoms with Crippen molar-refractivity contribution in [1.82, 2.24) is 0 Å². The van der Waals surface area contributed by atoms with Crippen molar-refractivity contribution in [2.45, 2.75) is 0 Å². The van der Waals surface area contributed by atoms with E-state index in [0.29, 0.717) is 17.1 Å². The standard InChI is InChI=1S/C19H16O6/c1-22-15-8-5-9-16(23-2)18(15)19(21)24-11-13(20)17-10-12-6-3-4-7-14(12)25-17/h3-10H,11H2,1-2H3. The zero-order valence-corrected chi connectivity index (χ0v) is 13.8. The van der Waals surface area contributed by atoms with Gasteiger partial charge in [-0.1, -0.05) is 24.3 Å². The Bertz CT molecular complexity index is 869. The molecule has 0 aliphatic heterocycles. The van der Waals surface area contributed by atoms with Crippen LogP contribution in [0.2, 0.25) is 0 Å². The molecule has 1 aromatic heterocycles. The van der Waals surface area contributed by atoms with Crippen LogP contribution in [-0.2, 0) is 4.74 Å². The fourth-order valence-corrected chi connectivity index (χ4v) is 2.45. The number of fused-ring (bicyclic) bond motifs is 1. The van der Waals surface area contributed by atoms with E-state index in [4.69, 9.17) is 18.6 Å². The van der Waals surface area contributed by atoms with E-state index < -0.39 is 18.4 Å². The third-order valence-electron chi connectivity index (χ3n) is 3.67. The largest absolute Gasteiger partial charge is 0.496 e. The van der Waals surface area contributed by atoms with Crippen LogP contribution < -0.4 is 9.47 Å². The van der Waals surface area contributed by atoms with Gasteiger partial charge >= 0.3 is 5.97 Å². The second-order valence-electron chi connectivity index (χ2n) is 5.19. The molecule has 0 unspecified atom stereocenters. The zero-order chi connectivity index (χ0) is 17.8. The average Bonchev–Trinajstić information content (AvgIpc) is 3.09. The maximum absolute atomic E-state index is 12.3. The van der Waals surface area contributed by atoms with Crippen LogP contribution in [0.15, 0.2) is 52.9 Å². The molecule has 0 aliphatic rings. The highest BCUT2D eigenvalue weighted by molar-refractivity contribution is 6.01. The number of carbonyl (C=O) groups excluding carboxylic acids is 2. The molecule has 3 rings (SSSR count). The summed E-state index contributed by atoms with van der Waals surface area (Å²) in [6.45, 7) is -0.445. The number of benzene rings is 2. The van der Waals surface area contributed by atoms with E-state index in [-0.39, 0.29) is 11.3 Å². The molecule has 0 fully saturated rings. The van der Waals surface area contributed by atoms with Crippen LogP contribution in [0.4, 0.5) is 0 Å². The van der Waals surface area contributed by atoms with E-state index in [1.807, 2.05) is 18.2 Å². The number of rotatable bonds is 6. The van der Waals surface area contributed by atoms with Crippen molar-refractivity contribution in [3.05, 3.63) is 59.9 Å². The molecule has 0 saturated carbocycles. The van der Waals surface area contributed by atoms with Crippen molar-refractivity contribution in [2.24, 2.45) is 0 Å². The van der Waals surface area contributed by atoms with Gasteiger partial charge in [0.15, 0.2) is 12.4 Å². The summed E-state index contributed by atoms with van der Waals surface area (Å²) in [4.78, 5) is 24.6. The van der Waals surface area contributed by atoms with Gasteiger partial charge in [0.1, 0.15) is 22.6 Å². The minimum Gasteiger partial charge on any atom is -0.496 e. The molecule has 0 aliphatic carbocycles. The van der Waals surface area contributed by atoms with Crippen LogP contribution in [0, 0.1) is 0 Å². The lowest BCUT2D eigenvalue weighted by atomic mass is 10.2. The highest BCUT2D eigenvalue weighted by atomic mass is 16.5. The Kier molecular flexibility index (Phi) is 4.70. The molecule has 6 nitrogen and oxygen atoms in total. The summed E-state index contributed by atoms with van der Waals surface area (Å²) in [5.41, 5.74) is 0.730. The number of hydrogen-bond acceptors (Lipinski definition) is 6. The van der Waals surface area contributed by atoms with E-state index in [9.17, 15) is 9.59 Å². The predicted molar refractivity (Wildman–Crippen MR) is 90.4 cm³/mol. The van der Waals surface area contributed by atoms with Crippen LogP contribution in [0.3, 0.4) is 0 Å². The quantitative estimate of drug-likeness (QED) is 0.505. The summed E-state index contributed by atoms with van der Waals surface area (Å²) in [7, 11) is 2.87.